The minimum atomic E-state index is -1.06. The molecule has 4 heteroatoms. The van der Waals surface area contributed by atoms with Crippen LogP contribution in [0.3, 0.4) is 0 Å². The fourth-order valence-corrected chi connectivity index (χ4v) is 1.43. The van der Waals surface area contributed by atoms with E-state index in [1.54, 1.807) is 26.8 Å². The van der Waals surface area contributed by atoms with Crippen LogP contribution in [0.15, 0.2) is 23.8 Å². The lowest BCUT2D eigenvalue weighted by Gasteiger charge is -2.19. The quantitative estimate of drug-likeness (QED) is 0.614. The molecule has 3 N–H and O–H groups in total. The van der Waals surface area contributed by atoms with Crippen LogP contribution in [-0.2, 0) is 4.79 Å². The summed E-state index contributed by atoms with van der Waals surface area (Å²) in [5.74, 6) is -1.64. The van der Waals surface area contributed by atoms with Gasteiger partial charge in [-0.05, 0) is 17.6 Å². The molecule has 0 unspecified atom stereocenters. The lowest BCUT2D eigenvalue weighted by molar-refractivity contribution is -0.133. The van der Waals surface area contributed by atoms with Crippen LogP contribution in [0.1, 0.15) is 26.3 Å². The summed E-state index contributed by atoms with van der Waals surface area (Å²) >= 11 is 0. The summed E-state index contributed by atoms with van der Waals surface area (Å²) in [7, 11) is 0. The van der Waals surface area contributed by atoms with E-state index in [-0.39, 0.29) is 16.8 Å². The molecular formula is C13H16FNO2. The molecule has 0 aliphatic rings. The number of nitrogen functional groups attached to an aromatic ring is 1. The summed E-state index contributed by atoms with van der Waals surface area (Å²) in [5.41, 5.74) is 5.21. The summed E-state index contributed by atoms with van der Waals surface area (Å²) in [5, 5.41) is 9.11. The van der Waals surface area contributed by atoms with Gasteiger partial charge in [0, 0.05) is 11.1 Å². The lowest BCUT2D eigenvalue weighted by Crippen LogP contribution is -2.17. The van der Waals surface area contributed by atoms with E-state index in [2.05, 4.69) is 0 Å². The molecule has 0 aliphatic heterocycles. The Bertz CT molecular complexity index is 473. The van der Waals surface area contributed by atoms with Crippen LogP contribution in [0.2, 0.25) is 0 Å². The minimum absolute atomic E-state index is 0.0115. The van der Waals surface area contributed by atoms with Crippen molar-refractivity contribution in [3.05, 3.63) is 35.2 Å². The van der Waals surface area contributed by atoms with Gasteiger partial charge in [0.15, 0.2) is 5.82 Å². The molecule has 92 valence electrons. The first-order valence-corrected chi connectivity index (χ1v) is 5.23. The normalized spacial score (nSPS) is 12.6. The lowest BCUT2D eigenvalue weighted by atomic mass is 9.85. The van der Waals surface area contributed by atoms with Gasteiger partial charge in [0.05, 0.1) is 5.69 Å². The Morgan fingerprint density at radius 1 is 1.41 bits per heavy atom. The number of benzene rings is 1. The topological polar surface area (TPSA) is 63.3 Å². The van der Waals surface area contributed by atoms with Crippen molar-refractivity contribution in [1.82, 2.24) is 0 Å². The molecule has 0 bridgehead atoms. The Hall–Kier alpha value is -1.84. The summed E-state index contributed by atoms with van der Waals surface area (Å²) < 4.78 is 13.7. The van der Waals surface area contributed by atoms with Gasteiger partial charge in [-0.25, -0.2) is 9.18 Å². The molecule has 1 rings (SSSR count). The molecule has 0 amide bonds. The Kier molecular flexibility index (Phi) is 3.56. The molecule has 0 fully saturated rings. The van der Waals surface area contributed by atoms with E-state index >= 15 is 0 Å². The van der Waals surface area contributed by atoms with Crippen LogP contribution >= 0.6 is 0 Å². The summed E-state index contributed by atoms with van der Waals surface area (Å²) in [6, 6.07) is 4.52. The molecule has 0 saturated heterocycles. The molecular weight excluding hydrogens is 221 g/mol. The smallest absolute Gasteiger partial charge is 0.332 e. The predicted molar refractivity (Wildman–Crippen MR) is 65.9 cm³/mol. The van der Waals surface area contributed by atoms with Gasteiger partial charge < -0.3 is 10.8 Å². The summed E-state index contributed by atoms with van der Waals surface area (Å²) in [6.45, 7) is 5.28. The average molecular weight is 237 g/mol. The number of carboxylic acids is 1. The maximum absolute atomic E-state index is 13.7. The highest BCUT2D eigenvalue weighted by Crippen LogP contribution is 2.28. The molecule has 0 radical (unpaired) electrons. The van der Waals surface area contributed by atoms with Crippen molar-refractivity contribution < 1.29 is 14.3 Å². The van der Waals surface area contributed by atoms with Gasteiger partial charge >= 0.3 is 5.97 Å². The third-order valence-electron chi connectivity index (χ3n) is 2.40. The number of halogens is 1. The molecule has 0 heterocycles. The first-order chi connectivity index (χ1) is 7.73. The Balaban J connectivity index is 3.33. The number of hydrogen-bond donors (Lipinski definition) is 2. The molecule has 1 aromatic carbocycles. The number of hydrogen-bond acceptors (Lipinski definition) is 2. The van der Waals surface area contributed by atoms with E-state index in [4.69, 9.17) is 10.8 Å². The second-order valence-corrected chi connectivity index (χ2v) is 4.86. The third-order valence-corrected chi connectivity index (χ3v) is 2.40. The zero-order valence-corrected chi connectivity index (χ0v) is 10.1. The second-order valence-electron chi connectivity index (χ2n) is 4.86. The fraction of sp³-hybridized carbons (Fsp3) is 0.308. The van der Waals surface area contributed by atoms with Crippen LogP contribution in [0.5, 0.6) is 0 Å². The van der Waals surface area contributed by atoms with E-state index in [1.165, 1.54) is 18.2 Å². The number of carbonyl (C=O) groups is 1. The standard InChI is InChI=1S/C13H16FNO2/c1-13(2,3)9(12(16)17)7-8-5-4-6-10(15)11(8)14/h4-7H,15H2,1-3H3,(H,16,17)/b9-7-. The molecule has 0 atom stereocenters. The number of rotatable bonds is 2. The van der Waals surface area contributed by atoms with E-state index in [0.717, 1.165) is 0 Å². The van der Waals surface area contributed by atoms with E-state index < -0.39 is 17.2 Å². The maximum atomic E-state index is 13.7. The van der Waals surface area contributed by atoms with Crippen molar-refractivity contribution in [3.8, 4) is 0 Å². The Labute approximate surface area is 99.8 Å². The summed E-state index contributed by atoms with van der Waals surface area (Å²) in [4.78, 5) is 11.1. The van der Waals surface area contributed by atoms with Crippen LogP contribution < -0.4 is 5.73 Å². The second kappa shape index (κ2) is 4.57. The van der Waals surface area contributed by atoms with Crippen LogP contribution in [-0.4, -0.2) is 11.1 Å². The van der Waals surface area contributed by atoms with Crippen LogP contribution in [0.4, 0.5) is 10.1 Å². The first-order valence-electron chi connectivity index (χ1n) is 5.23. The van der Waals surface area contributed by atoms with Crippen LogP contribution in [0.25, 0.3) is 6.08 Å². The maximum Gasteiger partial charge on any atom is 0.332 e. The first kappa shape index (κ1) is 13.2. The molecule has 0 aliphatic carbocycles. The molecule has 3 nitrogen and oxygen atoms in total. The van der Waals surface area contributed by atoms with Gasteiger partial charge in [0.25, 0.3) is 0 Å². The number of nitrogens with two attached hydrogens (primary N) is 1. The van der Waals surface area contributed by atoms with Crippen molar-refractivity contribution in [1.29, 1.82) is 0 Å². The molecule has 1 aromatic rings. The zero-order chi connectivity index (χ0) is 13.2. The third kappa shape index (κ3) is 3.06. The van der Waals surface area contributed by atoms with Crippen LogP contribution in [0, 0.1) is 11.2 Å². The van der Waals surface area contributed by atoms with Gasteiger partial charge in [-0.1, -0.05) is 32.9 Å². The monoisotopic (exact) mass is 237 g/mol. The highest BCUT2D eigenvalue weighted by atomic mass is 19.1. The Morgan fingerprint density at radius 2 is 2.00 bits per heavy atom. The Morgan fingerprint density at radius 3 is 2.47 bits per heavy atom. The summed E-state index contributed by atoms with van der Waals surface area (Å²) in [6.07, 6.45) is 1.33. The van der Waals surface area contributed by atoms with Gasteiger partial charge in [0.1, 0.15) is 0 Å². The van der Waals surface area contributed by atoms with Gasteiger partial charge in [-0.3, -0.25) is 0 Å². The number of aliphatic carboxylic acids is 1. The SMILES string of the molecule is CC(C)(C)/C(=C\c1cccc(N)c1F)C(=O)O. The number of anilines is 1. The van der Waals surface area contributed by atoms with E-state index in [0.29, 0.717) is 0 Å². The molecule has 0 aromatic heterocycles. The zero-order valence-electron chi connectivity index (χ0n) is 10.1. The molecule has 0 saturated carbocycles. The fourth-order valence-electron chi connectivity index (χ4n) is 1.43. The van der Waals surface area contributed by atoms with Crippen molar-refractivity contribution in [2.24, 2.45) is 5.41 Å². The van der Waals surface area contributed by atoms with Gasteiger partial charge in [0.2, 0.25) is 0 Å². The number of carboxylic acid groups (broad SMARTS) is 1. The highest BCUT2D eigenvalue weighted by Gasteiger charge is 2.23. The van der Waals surface area contributed by atoms with Crippen molar-refractivity contribution >= 4 is 17.7 Å². The molecule has 0 spiro atoms. The predicted octanol–water partition coefficient (Wildman–Crippen LogP) is 2.92. The molecule has 17 heavy (non-hydrogen) atoms. The van der Waals surface area contributed by atoms with Crippen molar-refractivity contribution in [2.45, 2.75) is 20.8 Å². The van der Waals surface area contributed by atoms with E-state index in [1.807, 2.05) is 0 Å². The largest absolute Gasteiger partial charge is 0.478 e. The highest BCUT2D eigenvalue weighted by molar-refractivity contribution is 5.93. The average Bonchev–Trinajstić information content (AvgIpc) is 2.17. The van der Waals surface area contributed by atoms with E-state index in [9.17, 15) is 9.18 Å². The minimum Gasteiger partial charge on any atom is -0.478 e. The van der Waals surface area contributed by atoms with Crippen molar-refractivity contribution in [2.75, 3.05) is 5.73 Å². The van der Waals surface area contributed by atoms with Gasteiger partial charge in [-0.15, -0.1) is 0 Å². The van der Waals surface area contributed by atoms with Gasteiger partial charge in [-0.2, -0.15) is 0 Å². The van der Waals surface area contributed by atoms with Crippen molar-refractivity contribution in [3.63, 3.8) is 0 Å².